The van der Waals surface area contributed by atoms with Gasteiger partial charge in [0.25, 0.3) is 5.91 Å². The number of aliphatic imine (C=N–C) groups is 1. The first kappa shape index (κ1) is 22.8. The minimum atomic E-state index is -4.00. The highest BCUT2D eigenvalue weighted by molar-refractivity contribution is 7.91. The van der Waals surface area contributed by atoms with Gasteiger partial charge in [0, 0.05) is 5.56 Å². The average Bonchev–Trinajstić information content (AvgIpc) is 2.68. The van der Waals surface area contributed by atoms with Crippen LogP contribution in [0, 0.1) is 6.92 Å². The van der Waals surface area contributed by atoms with Crippen LogP contribution in [0.15, 0.2) is 75.8 Å². The monoisotopic (exact) mass is 430 g/mol. The number of nitrogens with two attached hydrogens (primary N) is 1. The molecule has 0 bridgehead atoms. The number of aliphatic hydroxyl groups excluding tert-OH is 1. The molecule has 158 valence electrons. The highest BCUT2D eigenvalue weighted by Gasteiger charge is 2.26. The molecule has 0 heterocycles. The minimum absolute atomic E-state index is 0.0428. The van der Waals surface area contributed by atoms with Crippen LogP contribution in [-0.4, -0.2) is 43.6 Å². The van der Waals surface area contributed by atoms with Crippen molar-refractivity contribution in [3.63, 3.8) is 0 Å². The largest absolute Gasteiger partial charge is 0.510 e. The lowest BCUT2D eigenvalue weighted by molar-refractivity contribution is -0.138. The zero-order valence-electron chi connectivity index (χ0n) is 16.5. The fourth-order valence-electron chi connectivity index (χ4n) is 2.47. The zero-order valence-corrected chi connectivity index (χ0v) is 17.3. The molecule has 2 aromatic rings. The van der Waals surface area contributed by atoms with Gasteiger partial charge in [0.05, 0.1) is 11.5 Å². The Morgan fingerprint density at radius 1 is 1.07 bits per heavy atom. The Hall–Kier alpha value is -3.46. The van der Waals surface area contributed by atoms with Crippen LogP contribution in [0.5, 0.6) is 0 Å². The van der Waals surface area contributed by atoms with Crippen molar-refractivity contribution in [1.82, 2.24) is 0 Å². The van der Waals surface area contributed by atoms with Gasteiger partial charge < -0.3 is 15.6 Å². The van der Waals surface area contributed by atoms with Crippen molar-refractivity contribution in [3.05, 3.63) is 77.1 Å². The Kier molecular flexibility index (Phi) is 7.48. The molecule has 0 fully saturated rings. The standard InChI is InChI=1S/C21H22N2O6S/c1-3-29-21(26)18(19(22)23-20(25)15-7-5-4-6-8-15)17(24)13-30(27,28)16-11-9-14(2)10-12-16/h4-12,24H,3,13H2,1-2H3,(H2,22,23,25)/b18-17+. The van der Waals surface area contributed by atoms with Crippen molar-refractivity contribution in [2.75, 3.05) is 12.4 Å². The number of aliphatic hydroxyl groups is 1. The third-order valence-corrected chi connectivity index (χ3v) is 5.62. The van der Waals surface area contributed by atoms with Gasteiger partial charge in [-0.2, -0.15) is 4.99 Å². The van der Waals surface area contributed by atoms with Crippen LogP contribution >= 0.6 is 0 Å². The predicted molar refractivity (Wildman–Crippen MR) is 112 cm³/mol. The van der Waals surface area contributed by atoms with Gasteiger partial charge in [-0.25, -0.2) is 13.2 Å². The number of nitrogens with zero attached hydrogens (tertiary/aromatic N) is 1. The number of benzene rings is 2. The van der Waals surface area contributed by atoms with Crippen LogP contribution in [0.4, 0.5) is 0 Å². The van der Waals surface area contributed by atoms with E-state index >= 15 is 0 Å². The smallest absolute Gasteiger partial charge is 0.345 e. The number of amides is 1. The van der Waals surface area contributed by atoms with E-state index in [1.165, 1.54) is 31.2 Å². The van der Waals surface area contributed by atoms with Crippen LogP contribution in [0.25, 0.3) is 0 Å². The lowest BCUT2D eigenvalue weighted by Gasteiger charge is -2.11. The van der Waals surface area contributed by atoms with Gasteiger partial charge in [-0.05, 0) is 38.1 Å². The molecule has 8 nitrogen and oxygen atoms in total. The zero-order chi connectivity index (χ0) is 22.3. The molecule has 9 heteroatoms. The highest BCUT2D eigenvalue weighted by atomic mass is 32.2. The molecule has 0 unspecified atom stereocenters. The van der Waals surface area contributed by atoms with Crippen molar-refractivity contribution >= 4 is 27.5 Å². The van der Waals surface area contributed by atoms with Crippen molar-refractivity contribution in [3.8, 4) is 0 Å². The molecule has 0 aromatic heterocycles. The maximum Gasteiger partial charge on any atom is 0.345 e. The number of sulfone groups is 1. The van der Waals surface area contributed by atoms with E-state index in [9.17, 15) is 23.1 Å². The molecular weight excluding hydrogens is 408 g/mol. The summed E-state index contributed by atoms with van der Waals surface area (Å²) in [4.78, 5) is 28.1. The van der Waals surface area contributed by atoms with E-state index in [2.05, 4.69) is 4.99 Å². The number of hydrogen-bond acceptors (Lipinski definition) is 6. The number of ether oxygens (including phenoxy) is 1. The third kappa shape index (κ3) is 5.77. The summed E-state index contributed by atoms with van der Waals surface area (Å²) in [7, 11) is -4.00. The number of esters is 1. The van der Waals surface area contributed by atoms with Gasteiger partial charge in [0.1, 0.15) is 22.9 Å². The number of aryl methyl sites for hydroxylation is 1. The van der Waals surface area contributed by atoms with Crippen molar-refractivity contribution in [2.45, 2.75) is 18.7 Å². The number of amidine groups is 1. The Morgan fingerprint density at radius 2 is 1.67 bits per heavy atom. The Balaban J connectivity index is 2.44. The summed E-state index contributed by atoms with van der Waals surface area (Å²) in [5.74, 6) is -4.27. The van der Waals surface area contributed by atoms with Crippen molar-refractivity contribution in [1.29, 1.82) is 0 Å². The minimum Gasteiger partial charge on any atom is -0.510 e. The molecule has 30 heavy (non-hydrogen) atoms. The van der Waals surface area contributed by atoms with Crippen LogP contribution in [0.2, 0.25) is 0 Å². The topological polar surface area (TPSA) is 136 Å². The summed E-state index contributed by atoms with van der Waals surface area (Å²) in [6.07, 6.45) is 0. The van der Waals surface area contributed by atoms with Gasteiger partial charge in [-0.1, -0.05) is 35.9 Å². The van der Waals surface area contributed by atoms with Gasteiger partial charge >= 0.3 is 5.97 Å². The number of carbonyl (C=O) groups is 2. The highest BCUT2D eigenvalue weighted by Crippen LogP contribution is 2.17. The Bertz CT molecular complexity index is 1090. The van der Waals surface area contributed by atoms with Crippen LogP contribution < -0.4 is 5.73 Å². The van der Waals surface area contributed by atoms with E-state index in [0.717, 1.165) is 5.56 Å². The molecule has 2 rings (SSSR count). The second kappa shape index (κ2) is 9.84. The van der Waals surface area contributed by atoms with Crippen LogP contribution in [0.1, 0.15) is 22.8 Å². The van der Waals surface area contributed by atoms with E-state index in [1.54, 1.807) is 37.3 Å². The molecule has 0 aliphatic heterocycles. The molecule has 0 atom stereocenters. The summed E-state index contributed by atoms with van der Waals surface area (Å²) >= 11 is 0. The summed E-state index contributed by atoms with van der Waals surface area (Å²) in [6, 6.07) is 13.9. The summed E-state index contributed by atoms with van der Waals surface area (Å²) < 4.78 is 30.1. The van der Waals surface area contributed by atoms with Gasteiger partial charge in [-0.3, -0.25) is 4.79 Å². The van der Waals surface area contributed by atoms with Gasteiger partial charge in [0.2, 0.25) is 0 Å². The first-order chi connectivity index (χ1) is 14.2. The molecule has 1 amide bonds. The fraction of sp³-hybridized carbons (Fsp3) is 0.190. The summed E-state index contributed by atoms with van der Waals surface area (Å²) in [5.41, 5.74) is 6.17. The van der Waals surface area contributed by atoms with Gasteiger partial charge in [0.15, 0.2) is 9.84 Å². The fourth-order valence-corrected chi connectivity index (χ4v) is 3.69. The summed E-state index contributed by atoms with van der Waals surface area (Å²) in [6.45, 7) is 3.27. The van der Waals surface area contributed by atoms with Crippen molar-refractivity contribution < 1.29 is 27.9 Å². The van der Waals surface area contributed by atoms with E-state index in [-0.39, 0.29) is 17.1 Å². The second-order valence-corrected chi connectivity index (χ2v) is 8.27. The SMILES string of the molecule is CCOC(=O)/C(C(N)=NC(=O)c1ccccc1)=C(/O)CS(=O)(=O)c1ccc(C)cc1. The molecular formula is C21H22N2O6S. The third-order valence-electron chi connectivity index (χ3n) is 3.97. The molecule has 3 N–H and O–H groups in total. The van der Waals surface area contributed by atoms with E-state index in [4.69, 9.17) is 10.5 Å². The van der Waals surface area contributed by atoms with Crippen LogP contribution in [0.3, 0.4) is 0 Å². The Labute approximate surface area is 174 Å². The Morgan fingerprint density at radius 3 is 2.23 bits per heavy atom. The van der Waals surface area contributed by atoms with E-state index in [0.29, 0.717) is 0 Å². The molecule has 0 saturated carbocycles. The van der Waals surface area contributed by atoms with Crippen molar-refractivity contribution in [2.24, 2.45) is 10.7 Å². The normalized spacial score (nSPS) is 12.8. The van der Waals surface area contributed by atoms with Gasteiger partial charge in [-0.15, -0.1) is 0 Å². The quantitative estimate of drug-likeness (QED) is 0.226. The number of carbonyl (C=O) groups excluding carboxylic acids is 2. The molecule has 0 aliphatic rings. The number of rotatable bonds is 7. The summed E-state index contributed by atoms with van der Waals surface area (Å²) in [5, 5.41) is 10.4. The number of hydrogen-bond donors (Lipinski definition) is 2. The molecule has 0 spiro atoms. The lowest BCUT2D eigenvalue weighted by Crippen LogP contribution is -2.28. The van der Waals surface area contributed by atoms with E-state index in [1.807, 2.05) is 0 Å². The molecule has 2 aromatic carbocycles. The maximum atomic E-state index is 12.6. The first-order valence-electron chi connectivity index (χ1n) is 8.98. The average molecular weight is 430 g/mol. The predicted octanol–water partition coefficient (Wildman–Crippen LogP) is 2.34. The molecule has 0 saturated heterocycles. The van der Waals surface area contributed by atoms with Crippen LogP contribution in [-0.2, 0) is 19.4 Å². The lowest BCUT2D eigenvalue weighted by atomic mass is 10.2. The first-order valence-corrected chi connectivity index (χ1v) is 10.6. The molecule has 0 aliphatic carbocycles. The maximum absolute atomic E-state index is 12.6. The van der Waals surface area contributed by atoms with E-state index < -0.39 is 44.6 Å². The second-order valence-electron chi connectivity index (χ2n) is 6.28. The molecule has 0 radical (unpaired) electrons.